The molecule has 140 valence electrons. The second-order valence-electron chi connectivity index (χ2n) is 5.37. The summed E-state index contributed by atoms with van der Waals surface area (Å²) >= 11 is 4.88. The zero-order chi connectivity index (χ0) is 19.9. The van der Waals surface area contributed by atoms with Crippen molar-refractivity contribution >= 4 is 29.1 Å². The molecule has 1 aliphatic rings. The van der Waals surface area contributed by atoms with Gasteiger partial charge in [-0.3, -0.25) is 14.5 Å². The number of nitrogens with two attached hydrogens (primary N) is 1. The molecule has 0 bridgehead atoms. The molecule has 27 heavy (non-hydrogen) atoms. The van der Waals surface area contributed by atoms with Crippen molar-refractivity contribution in [3.05, 3.63) is 29.3 Å². The summed E-state index contributed by atoms with van der Waals surface area (Å²) in [5.41, 5.74) is 3.26. The molecule has 1 aromatic carbocycles. The average molecular weight is 400 g/mol. The minimum atomic E-state index is -4.10. The summed E-state index contributed by atoms with van der Waals surface area (Å²) in [5, 5.41) is -0.793. The summed E-state index contributed by atoms with van der Waals surface area (Å²) in [6.45, 7) is -0.501. The number of carbonyl (C=O) groups excluding carboxylic acids is 2. The molecule has 2 N–H and O–H groups in total. The Balaban J connectivity index is 2.23. The maximum Gasteiger partial charge on any atom is 0.383 e. The van der Waals surface area contributed by atoms with E-state index in [1.54, 1.807) is 0 Å². The zero-order valence-electron chi connectivity index (χ0n) is 13.3. The third kappa shape index (κ3) is 3.17. The number of halogens is 4. The van der Waals surface area contributed by atoms with Gasteiger partial charge >= 0.3 is 5.38 Å². The van der Waals surface area contributed by atoms with Crippen LogP contribution in [0, 0.1) is 18.2 Å². The number of fused-ring (bicyclic) bond motifs is 1. The summed E-state index contributed by atoms with van der Waals surface area (Å²) < 4.78 is 51.0. The van der Waals surface area contributed by atoms with E-state index < -0.39 is 45.6 Å². The van der Waals surface area contributed by atoms with Gasteiger partial charge in [0.15, 0.2) is 6.61 Å². The molecule has 0 saturated heterocycles. The molecule has 1 aromatic heterocycles. The van der Waals surface area contributed by atoms with Crippen LogP contribution in [0.2, 0.25) is 0 Å². The van der Waals surface area contributed by atoms with Gasteiger partial charge in [0.1, 0.15) is 22.8 Å². The van der Waals surface area contributed by atoms with Gasteiger partial charge in [0.25, 0.3) is 11.8 Å². The van der Waals surface area contributed by atoms with E-state index in [0.29, 0.717) is 0 Å². The van der Waals surface area contributed by atoms with Crippen LogP contribution >= 0.6 is 11.6 Å². The van der Waals surface area contributed by atoms with Crippen molar-refractivity contribution in [3.8, 4) is 29.4 Å². The minimum absolute atomic E-state index is 0.00174. The van der Waals surface area contributed by atoms with Gasteiger partial charge in [-0.05, 0) is 17.7 Å². The summed E-state index contributed by atoms with van der Waals surface area (Å²) in [6.07, 6.45) is 5.23. The van der Waals surface area contributed by atoms with E-state index in [-0.39, 0.29) is 24.6 Å². The molecule has 11 heteroatoms. The summed E-state index contributed by atoms with van der Waals surface area (Å²) in [6, 6.07) is 1.97. The van der Waals surface area contributed by atoms with Gasteiger partial charge in [-0.15, -0.1) is 6.42 Å². The zero-order valence-corrected chi connectivity index (χ0v) is 14.0. The molecule has 0 saturated carbocycles. The number of amides is 2. The van der Waals surface area contributed by atoms with Gasteiger partial charge in [-0.1, -0.05) is 11.1 Å². The SMILES string of the molecule is C#CCN1C(=O)COc2cc(F)c(-c3noc(C(F)(F)Cl)c3C(N)=O)cc21. The number of nitrogens with zero attached hydrogens (tertiary/aromatic N) is 2. The van der Waals surface area contributed by atoms with Crippen LogP contribution in [0.4, 0.5) is 18.9 Å². The lowest BCUT2D eigenvalue weighted by molar-refractivity contribution is -0.121. The van der Waals surface area contributed by atoms with E-state index in [2.05, 4.69) is 15.6 Å². The van der Waals surface area contributed by atoms with Crippen molar-refractivity contribution in [3.63, 3.8) is 0 Å². The molecule has 0 radical (unpaired) electrons. The number of ether oxygens (including phenoxy) is 1. The first-order valence-corrected chi connectivity index (χ1v) is 7.60. The van der Waals surface area contributed by atoms with Crippen LogP contribution < -0.4 is 15.4 Å². The summed E-state index contributed by atoms with van der Waals surface area (Å²) in [7, 11) is 0. The van der Waals surface area contributed by atoms with Crippen molar-refractivity contribution in [1.82, 2.24) is 5.16 Å². The maximum absolute atomic E-state index is 14.5. The topological polar surface area (TPSA) is 98.7 Å². The fourth-order valence-electron chi connectivity index (χ4n) is 2.56. The number of terminal acetylenes is 1. The highest BCUT2D eigenvalue weighted by Crippen LogP contribution is 2.42. The van der Waals surface area contributed by atoms with Gasteiger partial charge in [0.2, 0.25) is 5.76 Å². The van der Waals surface area contributed by atoms with Gasteiger partial charge in [-0.25, -0.2) is 4.39 Å². The Morgan fingerprint density at radius 1 is 1.48 bits per heavy atom. The van der Waals surface area contributed by atoms with Crippen LogP contribution in [-0.2, 0) is 10.2 Å². The second-order valence-corrected chi connectivity index (χ2v) is 5.84. The van der Waals surface area contributed by atoms with Gasteiger partial charge in [0.05, 0.1) is 12.2 Å². The van der Waals surface area contributed by atoms with Crippen molar-refractivity contribution in [1.29, 1.82) is 0 Å². The number of hydrogen-bond donors (Lipinski definition) is 1. The van der Waals surface area contributed by atoms with Gasteiger partial charge in [-0.2, -0.15) is 8.78 Å². The first kappa shape index (κ1) is 18.6. The summed E-state index contributed by atoms with van der Waals surface area (Å²) in [4.78, 5) is 24.7. The van der Waals surface area contributed by atoms with Crippen LogP contribution in [-0.4, -0.2) is 30.1 Å². The highest BCUT2D eigenvalue weighted by molar-refractivity contribution is 6.22. The number of benzene rings is 1. The maximum atomic E-state index is 14.5. The molecule has 0 aliphatic carbocycles. The van der Waals surface area contributed by atoms with E-state index in [1.165, 1.54) is 0 Å². The number of aromatic nitrogens is 1. The first-order valence-electron chi connectivity index (χ1n) is 7.22. The number of alkyl halides is 3. The number of anilines is 1. The largest absolute Gasteiger partial charge is 0.481 e. The third-order valence-corrected chi connectivity index (χ3v) is 3.86. The van der Waals surface area contributed by atoms with E-state index in [1.807, 2.05) is 0 Å². The molecule has 1 aliphatic heterocycles. The lowest BCUT2D eigenvalue weighted by Gasteiger charge is -2.28. The molecule has 7 nitrogen and oxygen atoms in total. The van der Waals surface area contributed by atoms with Crippen LogP contribution in [0.25, 0.3) is 11.3 Å². The number of primary amides is 1. The lowest BCUT2D eigenvalue weighted by Crippen LogP contribution is -2.39. The smallest absolute Gasteiger partial charge is 0.383 e. The Kier molecular flexibility index (Phi) is 4.49. The summed E-state index contributed by atoms with van der Waals surface area (Å²) in [5.74, 6) is -1.89. The van der Waals surface area contributed by atoms with Crippen molar-refractivity contribution in [2.75, 3.05) is 18.1 Å². The van der Waals surface area contributed by atoms with E-state index in [9.17, 15) is 22.8 Å². The lowest BCUT2D eigenvalue weighted by atomic mass is 10.0. The van der Waals surface area contributed by atoms with Crippen LogP contribution in [0.1, 0.15) is 16.1 Å². The molecule has 2 aromatic rings. The van der Waals surface area contributed by atoms with Crippen LogP contribution in [0.3, 0.4) is 0 Å². The van der Waals surface area contributed by atoms with Gasteiger partial charge in [0, 0.05) is 11.6 Å². The Labute approximate surface area is 154 Å². The Morgan fingerprint density at radius 2 is 2.19 bits per heavy atom. The minimum Gasteiger partial charge on any atom is -0.481 e. The highest BCUT2D eigenvalue weighted by Gasteiger charge is 2.41. The molecule has 2 amide bonds. The van der Waals surface area contributed by atoms with Crippen molar-refractivity contribution in [2.45, 2.75) is 5.38 Å². The van der Waals surface area contributed by atoms with E-state index in [4.69, 9.17) is 28.5 Å². The van der Waals surface area contributed by atoms with Crippen molar-refractivity contribution in [2.24, 2.45) is 5.73 Å². The van der Waals surface area contributed by atoms with Crippen molar-refractivity contribution < 1.29 is 32.0 Å². The predicted octanol–water partition coefficient (Wildman–Crippen LogP) is 2.23. The monoisotopic (exact) mass is 399 g/mol. The van der Waals surface area contributed by atoms with Crippen LogP contribution in [0.15, 0.2) is 16.7 Å². The first-order chi connectivity index (χ1) is 12.6. The van der Waals surface area contributed by atoms with E-state index in [0.717, 1.165) is 17.0 Å². The third-order valence-electron chi connectivity index (χ3n) is 3.69. The number of carbonyl (C=O) groups is 2. The molecule has 0 atom stereocenters. The predicted molar refractivity (Wildman–Crippen MR) is 86.8 cm³/mol. The standard InChI is InChI=1S/C16H9ClF3N3O4/c1-2-3-23-9-4-7(8(18)5-10(9)26-6-11(23)24)13-12(15(21)25)14(27-22-13)16(17,19)20/h1,4-5H,3,6H2,(H2,21,25). The molecule has 3 rings (SSSR count). The molecule has 0 spiro atoms. The molecular weight excluding hydrogens is 391 g/mol. The second kappa shape index (κ2) is 6.51. The molecule has 0 unspecified atom stereocenters. The molecule has 2 heterocycles. The molecule has 0 fully saturated rings. The number of rotatable bonds is 4. The normalized spacial score (nSPS) is 13.7. The Hall–Kier alpha value is -3.19. The number of hydrogen-bond acceptors (Lipinski definition) is 5. The fourth-order valence-corrected chi connectivity index (χ4v) is 2.69. The van der Waals surface area contributed by atoms with Gasteiger partial charge < -0.3 is 15.0 Å². The van der Waals surface area contributed by atoms with E-state index >= 15 is 0 Å². The quantitative estimate of drug-likeness (QED) is 0.628. The molecular formula is C16H9ClF3N3O4. The Morgan fingerprint density at radius 3 is 2.78 bits per heavy atom. The fraction of sp³-hybridized carbons (Fsp3) is 0.188. The Bertz CT molecular complexity index is 994. The van der Waals surface area contributed by atoms with Crippen LogP contribution in [0.5, 0.6) is 5.75 Å². The average Bonchev–Trinajstić information content (AvgIpc) is 3.02. The highest BCUT2D eigenvalue weighted by atomic mass is 35.5.